The molecule has 10 aromatic carbocycles. The number of benzene rings is 10. The van der Waals surface area contributed by atoms with E-state index in [0.717, 1.165) is 88.1 Å². The molecule has 0 atom stereocenters. The fourth-order valence-electron chi connectivity index (χ4n) is 16.5. The first kappa shape index (κ1) is 64.6. The molecule has 0 unspecified atom stereocenters. The topological polar surface area (TPSA) is 63.3 Å². The van der Waals surface area contributed by atoms with Crippen molar-refractivity contribution in [1.82, 2.24) is 37.8 Å². The summed E-state index contributed by atoms with van der Waals surface area (Å²) in [5.74, 6) is 1.58. The maximum absolute atomic E-state index is 6.02. The molecule has 16 aromatic rings. The van der Waals surface area contributed by atoms with Gasteiger partial charge in [-0.25, -0.2) is 0 Å². The molecule has 12 bridgehead atoms. The molecule has 0 aliphatic carbocycles. The summed E-state index contributed by atoms with van der Waals surface area (Å²) in [6.07, 6.45) is 0. The number of rotatable bonds is 2. The van der Waals surface area contributed by atoms with Gasteiger partial charge >= 0.3 is 0 Å². The van der Waals surface area contributed by atoms with E-state index in [1.54, 1.807) is 0 Å². The molecule has 4 aliphatic heterocycles. The lowest BCUT2D eigenvalue weighted by Crippen LogP contribution is -2.40. The zero-order chi connectivity index (χ0) is 71.3. The smallest absolute Gasteiger partial charge is 0.241 e. The van der Waals surface area contributed by atoms with Gasteiger partial charge in [-0.1, -0.05) is 213 Å². The van der Waals surface area contributed by atoms with Gasteiger partial charge in [0.25, 0.3) is 0 Å². The number of nitrogens with zero attached hydrogens (tertiary/aromatic N) is 8. The third-order valence-electron chi connectivity index (χ3n) is 23.7. The Balaban J connectivity index is 1.06. The first-order chi connectivity index (χ1) is 47.3. The summed E-state index contributed by atoms with van der Waals surface area (Å²) in [7, 11) is 0. The zero-order valence-corrected chi connectivity index (χ0v) is 63.4. The molecule has 0 saturated heterocycles. The number of aromatic nitrogens is 8. The second kappa shape index (κ2) is 20.9. The van der Waals surface area contributed by atoms with Crippen molar-refractivity contribution in [2.24, 2.45) is 0 Å². The Bertz CT molecular complexity index is 6110. The predicted octanol–water partition coefficient (Wildman–Crippen LogP) is 24.7. The second-order valence-electron chi connectivity index (χ2n) is 36.9. The maximum atomic E-state index is 6.02. The molecular formula is C93H96N8. The van der Waals surface area contributed by atoms with Crippen LogP contribution in [0.3, 0.4) is 0 Å². The molecule has 4 aliphatic rings. The molecule has 0 radical (unpaired) electrons. The Kier molecular flexibility index (Phi) is 13.4. The number of hydrogen-bond acceptors (Lipinski definition) is 3. The van der Waals surface area contributed by atoms with Crippen molar-refractivity contribution in [2.45, 2.75) is 196 Å². The SMILES string of the molecule is CC(C)(C)c1ccc2c(c1)c1cc(C(C)(C)C)ccc1n2-c1ccc2c3ccc4cc3n(c2c1)-c1nc(-n2c3ccc(C(C)(C)C)cc3c3cc(C(C)(C)C)ccc32)nc(n1)-n1c2ccc(C(C)(C)C)cc2c2cc(ccc21)C(C)(C)C(C)(C)c1ccc2c(c1)c1cc(C(C)(C)C)ccc1n2-4. The lowest BCUT2D eigenvalue weighted by atomic mass is 9.61. The van der Waals surface area contributed by atoms with E-state index >= 15 is 0 Å². The summed E-state index contributed by atoms with van der Waals surface area (Å²) in [5.41, 5.74) is 21.9. The number of hydrogen-bond donors (Lipinski definition) is 0. The van der Waals surface area contributed by atoms with Crippen LogP contribution >= 0.6 is 0 Å². The second-order valence-corrected chi connectivity index (χ2v) is 36.9. The monoisotopic (exact) mass is 1320 g/mol. The van der Waals surface area contributed by atoms with Crippen LogP contribution in [0.1, 0.15) is 197 Å². The predicted molar refractivity (Wildman–Crippen MR) is 430 cm³/mol. The van der Waals surface area contributed by atoms with Gasteiger partial charge < -0.3 is 9.13 Å². The van der Waals surface area contributed by atoms with E-state index in [0.29, 0.717) is 17.8 Å². The van der Waals surface area contributed by atoms with E-state index in [2.05, 4.69) is 357 Å². The molecular weight excluding hydrogens is 1230 g/mol. The van der Waals surface area contributed by atoms with Crippen LogP contribution in [0.4, 0.5) is 0 Å². The highest BCUT2D eigenvalue weighted by Crippen LogP contribution is 2.50. The van der Waals surface area contributed by atoms with E-state index in [4.69, 9.17) is 15.0 Å². The quantitative estimate of drug-likeness (QED) is 0.173. The minimum atomic E-state index is -0.356. The first-order valence-electron chi connectivity index (χ1n) is 36.6. The van der Waals surface area contributed by atoms with Crippen molar-refractivity contribution in [3.63, 3.8) is 0 Å². The Hall–Kier alpha value is -9.79. The first-order valence-corrected chi connectivity index (χ1v) is 36.6. The van der Waals surface area contributed by atoms with E-state index in [-0.39, 0.29) is 43.3 Å². The summed E-state index contributed by atoms with van der Waals surface area (Å²) in [5, 5.41) is 11.8. The van der Waals surface area contributed by atoms with Crippen LogP contribution in [0.25, 0.3) is 138 Å². The maximum Gasteiger partial charge on any atom is 0.241 e. The highest BCUT2D eigenvalue weighted by atomic mass is 15.3. The van der Waals surface area contributed by atoms with Crippen molar-refractivity contribution >= 4 is 109 Å². The van der Waals surface area contributed by atoms with Gasteiger partial charge in [-0.3, -0.25) is 13.7 Å². The zero-order valence-electron chi connectivity index (χ0n) is 63.4. The molecule has 508 valence electrons. The molecule has 0 fully saturated rings. The lowest BCUT2D eigenvalue weighted by molar-refractivity contribution is 0.303. The third kappa shape index (κ3) is 9.69. The largest absolute Gasteiger partial charge is 0.309 e. The molecule has 20 rings (SSSR count). The fourth-order valence-corrected chi connectivity index (χ4v) is 16.5. The molecule has 0 spiro atoms. The van der Waals surface area contributed by atoms with Crippen LogP contribution in [0.15, 0.2) is 182 Å². The summed E-state index contributed by atoms with van der Waals surface area (Å²) in [4.78, 5) is 17.9. The number of fused-ring (bicyclic) bond motifs is 10. The van der Waals surface area contributed by atoms with Gasteiger partial charge in [-0.2, -0.15) is 15.0 Å². The Morgan fingerprint density at radius 1 is 0.208 bits per heavy atom. The molecule has 10 heterocycles. The van der Waals surface area contributed by atoms with Crippen molar-refractivity contribution < 1.29 is 0 Å². The van der Waals surface area contributed by atoms with Crippen molar-refractivity contribution in [2.75, 3.05) is 0 Å². The summed E-state index contributed by atoms with van der Waals surface area (Å²) >= 11 is 0. The third-order valence-corrected chi connectivity index (χ3v) is 23.7. The Labute approximate surface area is 594 Å². The van der Waals surface area contributed by atoms with E-state index < -0.39 is 0 Å². The average molecular weight is 1330 g/mol. The van der Waals surface area contributed by atoms with Gasteiger partial charge in [0.15, 0.2) is 0 Å². The lowest BCUT2D eigenvalue weighted by Gasteiger charge is -2.43. The van der Waals surface area contributed by atoms with Crippen LogP contribution in [0.5, 0.6) is 0 Å². The van der Waals surface area contributed by atoms with Crippen molar-refractivity contribution in [3.05, 3.63) is 226 Å². The van der Waals surface area contributed by atoms with Crippen LogP contribution < -0.4 is 0 Å². The summed E-state index contributed by atoms with van der Waals surface area (Å²) < 4.78 is 12.0. The normalized spacial score (nSPS) is 14.8. The fraction of sp³-hybridized carbons (Fsp3) is 0.323. The molecule has 0 amide bonds. The van der Waals surface area contributed by atoms with E-state index in [1.165, 1.54) is 76.8 Å². The van der Waals surface area contributed by atoms with Gasteiger partial charge in [0.05, 0.1) is 55.2 Å². The summed E-state index contributed by atoms with van der Waals surface area (Å²) in [6.45, 7) is 51.5. The molecule has 8 heteroatoms. The van der Waals surface area contributed by atoms with Gasteiger partial charge in [-0.15, -0.1) is 0 Å². The Morgan fingerprint density at radius 2 is 0.416 bits per heavy atom. The van der Waals surface area contributed by atoms with E-state index in [1.807, 2.05) is 0 Å². The summed E-state index contributed by atoms with van der Waals surface area (Å²) in [6, 6.07) is 71.3. The van der Waals surface area contributed by atoms with Crippen molar-refractivity contribution in [3.8, 4) is 29.2 Å². The minimum Gasteiger partial charge on any atom is -0.309 e. The molecule has 101 heavy (non-hydrogen) atoms. The molecule has 0 N–H and O–H groups in total. The van der Waals surface area contributed by atoms with E-state index in [9.17, 15) is 0 Å². The van der Waals surface area contributed by atoms with Crippen LogP contribution in [0.2, 0.25) is 0 Å². The standard InChI is InChI=1S/C93H96N8/c1-86(2,3)53-23-35-73-65(43-53)66-44-54(87(4,5)6)24-36-74(66)97(73)61-31-33-63-64-34-32-62-52-82(64)101(81(63)51-61)85-95-83(99-77-38-26-56(89(10,11)12)46-68(77)69-47-57(90(13,14)15)27-39-78(69)99)94-84(96-85)100-79-40-28-58(91(16,17)18)48-70(79)72-50-60(30-42-80(72)100)93(21,22)92(19,20)59-29-41-76-71(49-59)67-45-55(88(7,8)9)25-37-75(67)98(62)76/h23-52H,1-22H3. The van der Waals surface area contributed by atoms with Crippen molar-refractivity contribution in [1.29, 1.82) is 0 Å². The highest BCUT2D eigenvalue weighted by Gasteiger charge is 2.41. The minimum absolute atomic E-state index is 0.0487. The molecule has 6 aromatic heterocycles. The molecule has 8 nitrogen and oxygen atoms in total. The van der Waals surface area contributed by atoms with Crippen LogP contribution in [-0.4, -0.2) is 37.8 Å². The highest BCUT2D eigenvalue weighted by molar-refractivity contribution is 6.15. The van der Waals surface area contributed by atoms with Crippen LogP contribution in [0, 0.1) is 0 Å². The van der Waals surface area contributed by atoms with Crippen LogP contribution in [-0.2, 0) is 43.3 Å². The van der Waals surface area contributed by atoms with Gasteiger partial charge in [-0.05, 0) is 209 Å². The van der Waals surface area contributed by atoms with Gasteiger partial charge in [0, 0.05) is 65.2 Å². The average Bonchev–Trinajstić information content (AvgIpc) is 1.58. The van der Waals surface area contributed by atoms with Gasteiger partial charge in [0.2, 0.25) is 17.8 Å². The van der Waals surface area contributed by atoms with Gasteiger partial charge in [0.1, 0.15) is 0 Å². The Morgan fingerprint density at radius 3 is 0.653 bits per heavy atom. The molecule has 0 saturated carbocycles.